The van der Waals surface area contributed by atoms with Gasteiger partial charge >= 0.3 is 0 Å². The van der Waals surface area contributed by atoms with E-state index in [1.54, 1.807) is 18.5 Å². The molecule has 32 heavy (non-hydrogen) atoms. The maximum Gasteiger partial charge on any atom is 0.188 e. The maximum atomic E-state index is 13.5. The van der Waals surface area contributed by atoms with Gasteiger partial charge in [-0.2, -0.15) is 0 Å². The van der Waals surface area contributed by atoms with Crippen LogP contribution in [0.2, 0.25) is 0 Å². The first kappa shape index (κ1) is 19.8. The van der Waals surface area contributed by atoms with Crippen molar-refractivity contribution in [1.82, 2.24) is 15.0 Å². The average molecular weight is 415 g/mol. The Morgan fingerprint density at radius 1 is 0.812 bits per heavy atom. The van der Waals surface area contributed by atoms with E-state index in [1.807, 2.05) is 73.7 Å². The van der Waals surface area contributed by atoms with Crippen molar-refractivity contribution in [3.8, 4) is 11.1 Å². The molecule has 2 aromatic heterocycles. The normalized spacial score (nSPS) is 11.4. The predicted molar refractivity (Wildman–Crippen MR) is 130 cm³/mol. The highest BCUT2D eigenvalue weighted by Crippen LogP contribution is 2.34. The Balaban J connectivity index is 1.64. The SMILES string of the molecule is Cc1ccc2nc(C)c(C(=O)/C=C/c3ccc4nccnc4c3)c(-c3ccccc3)c2c1. The lowest BCUT2D eigenvalue weighted by molar-refractivity contribution is 0.104. The number of hydrogen-bond acceptors (Lipinski definition) is 4. The number of aryl methyl sites for hydroxylation is 2. The molecule has 0 aliphatic heterocycles. The summed E-state index contributed by atoms with van der Waals surface area (Å²) in [6.45, 7) is 3.95. The predicted octanol–water partition coefficient (Wildman–Crippen LogP) is 6.36. The van der Waals surface area contributed by atoms with Gasteiger partial charge in [-0.1, -0.05) is 54.1 Å². The zero-order valence-corrected chi connectivity index (χ0v) is 17.9. The van der Waals surface area contributed by atoms with Gasteiger partial charge < -0.3 is 0 Å². The number of ketones is 1. The number of aromatic nitrogens is 3. The molecule has 2 heterocycles. The highest BCUT2D eigenvalue weighted by Gasteiger charge is 2.19. The summed E-state index contributed by atoms with van der Waals surface area (Å²) in [5.74, 6) is -0.0727. The van der Waals surface area contributed by atoms with Crippen LogP contribution >= 0.6 is 0 Å². The van der Waals surface area contributed by atoms with E-state index in [-0.39, 0.29) is 5.78 Å². The smallest absolute Gasteiger partial charge is 0.188 e. The number of carbonyl (C=O) groups excluding carboxylic acids is 1. The summed E-state index contributed by atoms with van der Waals surface area (Å²) in [6.07, 6.45) is 6.78. The van der Waals surface area contributed by atoms with E-state index in [0.29, 0.717) is 5.56 Å². The van der Waals surface area contributed by atoms with Crippen molar-refractivity contribution >= 4 is 33.8 Å². The monoisotopic (exact) mass is 415 g/mol. The summed E-state index contributed by atoms with van der Waals surface area (Å²) in [7, 11) is 0. The maximum absolute atomic E-state index is 13.5. The van der Waals surface area contributed by atoms with E-state index >= 15 is 0 Å². The van der Waals surface area contributed by atoms with Crippen LogP contribution in [0.4, 0.5) is 0 Å². The lowest BCUT2D eigenvalue weighted by atomic mass is 9.91. The first-order chi connectivity index (χ1) is 15.6. The number of rotatable bonds is 4. The number of nitrogens with zero attached hydrogens (tertiary/aromatic N) is 3. The first-order valence-corrected chi connectivity index (χ1v) is 10.5. The first-order valence-electron chi connectivity index (χ1n) is 10.5. The van der Waals surface area contributed by atoms with Crippen LogP contribution in [-0.2, 0) is 0 Å². The van der Waals surface area contributed by atoms with Crippen LogP contribution < -0.4 is 0 Å². The highest BCUT2D eigenvalue weighted by atomic mass is 16.1. The topological polar surface area (TPSA) is 55.7 Å². The second-order valence-corrected chi connectivity index (χ2v) is 7.84. The van der Waals surface area contributed by atoms with Gasteiger partial charge in [0.15, 0.2) is 5.78 Å². The molecule has 0 radical (unpaired) electrons. The van der Waals surface area contributed by atoms with Gasteiger partial charge in [-0.05, 0) is 55.3 Å². The molecule has 0 bridgehead atoms. The number of fused-ring (bicyclic) bond motifs is 2. The van der Waals surface area contributed by atoms with Crippen molar-refractivity contribution in [2.45, 2.75) is 13.8 Å². The molecule has 0 aliphatic rings. The molecule has 5 rings (SSSR count). The summed E-state index contributed by atoms with van der Waals surface area (Å²) in [5, 5.41) is 0.986. The summed E-state index contributed by atoms with van der Waals surface area (Å²) in [4.78, 5) is 26.9. The Bertz CT molecular complexity index is 1500. The molecular formula is C28H21N3O. The van der Waals surface area contributed by atoms with E-state index < -0.39 is 0 Å². The molecule has 0 saturated heterocycles. The van der Waals surface area contributed by atoms with Gasteiger partial charge in [-0.25, -0.2) is 0 Å². The Hall–Kier alpha value is -4.18. The van der Waals surface area contributed by atoms with E-state index in [1.165, 1.54) is 0 Å². The van der Waals surface area contributed by atoms with Gasteiger partial charge in [-0.3, -0.25) is 19.7 Å². The zero-order valence-electron chi connectivity index (χ0n) is 17.9. The Morgan fingerprint density at radius 2 is 1.56 bits per heavy atom. The van der Waals surface area contributed by atoms with Gasteiger partial charge in [0.25, 0.3) is 0 Å². The van der Waals surface area contributed by atoms with Gasteiger partial charge in [0, 0.05) is 29.0 Å². The number of carbonyl (C=O) groups is 1. The van der Waals surface area contributed by atoms with E-state index in [2.05, 4.69) is 23.0 Å². The molecule has 0 atom stereocenters. The fourth-order valence-corrected chi connectivity index (χ4v) is 4.05. The number of benzene rings is 3. The quantitative estimate of drug-likeness (QED) is 0.253. The van der Waals surface area contributed by atoms with Gasteiger partial charge in [0.2, 0.25) is 0 Å². The van der Waals surface area contributed by atoms with Crippen molar-refractivity contribution in [2.75, 3.05) is 0 Å². The lowest BCUT2D eigenvalue weighted by Crippen LogP contribution is -2.05. The van der Waals surface area contributed by atoms with Gasteiger partial charge in [-0.15, -0.1) is 0 Å². The molecule has 0 fully saturated rings. The molecule has 0 unspecified atom stereocenters. The Kier molecular flexibility index (Phi) is 5.04. The molecule has 0 spiro atoms. The van der Waals surface area contributed by atoms with Crippen LogP contribution in [0.15, 0.2) is 85.2 Å². The lowest BCUT2D eigenvalue weighted by Gasteiger charge is -2.14. The summed E-state index contributed by atoms with van der Waals surface area (Å²) < 4.78 is 0. The molecule has 0 saturated carbocycles. The van der Waals surface area contributed by atoms with E-state index in [4.69, 9.17) is 4.98 Å². The highest BCUT2D eigenvalue weighted by molar-refractivity contribution is 6.16. The van der Waals surface area contributed by atoms with Crippen LogP contribution in [0, 0.1) is 13.8 Å². The zero-order chi connectivity index (χ0) is 22.1. The van der Waals surface area contributed by atoms with E-state index in [0.717, 1.165) is 49.9 Å². The van der Waals surface area contributed by atoms with Crippen molar-refractivity contribution in [3.05, 3.63) is 108 Å². The molecule has 3 aromatic carbocycles. The minimum absolute atomic E-state index is 0.0727. The number of pyridine rings is 1. The van der Waals surface area contributed by atoms with Gasteiger partial charge in [0.05, 0.1) is 22.1 Å². The van der Waals surface area contributed by atoms with Gasteiger partial charge in [0.1, 0.15) is 0 Å². The standard InChI is InChI=1S/C28H21N3O/c1-18-8-11-23-22(16-18)28(21-6-4-3-5-7-21)27(19(2)31-23)26(32)13-10-20-9-12-24-25(17-20)30-15-14-29-24/h3-17H,1-2H3/b13-10+. The summed E-state index contributed by atoms with van der Waals surface area (Å²) >= 11 is 0. The van der Waals surface area contributed by atoms with Crippen LogP contribution in [0.3, 0.4) is 0 Å². The van der Waals surface area contributed by atoms with Crippen LogP contribution in [-0.4, -0.2) is 20.7 Å². The second-order valence-electron chi connectivity index (χ2n) is 7.84. The molecule has 4 nitrogen and oxygen atoms in total. The third kappa shape index (κ3) is 3.67. The Labute approximate surface area is 186 Å². The van der Waals surface area contributed by atoms with Crippen molar-refractivity contribution in [3.63, 3.8) is 0 Å². The van der Waals surface area contributed by atoms with Crippen molar-refractivity contribution in [1.29, 1.82) is 0 Å². The number of hydrogen-bond donors (Lipinski definition) is 0. The molecule has 4 heteroatoms. The van der Waals surface area contributed by atoms with Crippen molar-refractivity contribution < 1.29 is 4.79 Å². The van der Waals surface area contributed by atoms with Crippen LogP contribution in [0.25, 0.3) is 39.1 Å². The molecule has 0 N–H and O–H groups in total. The Morgan fingerprint density at radius 3 is 2.38 bits per heavy atom. The molecule has 0 amide bonds. The molecule has 154 valence electrons. The summed E-state index contributed by atoms with van der Waals surface area (Å²) in [5.41, 5.74) is 7.83. The summed E-state index contributed by atoms with van der Waals surface area (Å²) in [6, 6.07) is 22.0. The third-order valence-electron chi connectivity index (χ3n) is 5.55. The molecule has 0 aliphatic carbocycles. The third-order valence-corrected chi connectivity index (χ3v) is 5.55. The van der Waals surface area contributed by atoms with Crippen LogP contribution in [0.5, 0.6) is 0 Å². The molecular weight excluding hydrogens is 394 g/mol. The van der Waals surface area contributed by atoms with Crippen molar-refractivity contribution in [2.24, 2.45) is 0 Å². The fraction of sp³-hybridized carbons (Fsp3) is 0.0714. The average Bonchev–Trinajstić information content (AvgIpc) is 2.82. The minimum Gasteiger partial charge on any atom is -0.289 e. The molecule has 5 aromatic rings. The second kappa shape index (κ2) is 8.16. The minimum atomic E-state index is -0.0727. The number of allylic oxidation sites excluding steroid dienone is 1. The van der Waals surface area contributed by atoms with E-state index in [9.17, 15) is 4.79 Å². The fourth-order valence-electron chi connectivity index (χ4n) is 4.05. The largest absolute Gasteiger partial charge is 0.289 e. The van der Waals surface area contributed by atoms with Crippen LogP contribution in [0.1, 0.15) is 27.2 Å².